The van der Waals surface area contributed by atoms with Crippen LogP contribution in [0.15, 0.2) is 4.90 Å². The van der Waals surface area contributed by atoms with E-state index in [1.54, 1.807) is 0 Å². The van der Waals surface area contributed by atoms with Crippen LogP contribution in [0.1, 0.15) is 38.3 Å². The maximum atomic E-state index is 6.07. The number of hydrogen-bond donors (Lipinski definition) is 0. The van der Waals surface area contributed by atoms with E-state index < -0.39 is 0 Å². The molecule has 1 fully saturated rings. The van der Waals surface area contributed by atoms with Crippen LogP contribution in [0.4, 0.5) is 5.82 Å². The molecule has 0 spiro atoms. The number of fused-ring (bicyclic) bond motifs is 1. The topological polar surface area (TPSA) is 29.0 Å². The van der Waals surface area contributed by atoms with E-state index >= 15 is 0 Å². The van der Waals surface area contributed by atoms with Gasteiger partial charge in [-0.05, 0) is 30.4 Å². The molecule has 104 valence electrons. The van der Waals surface area contributed by atoms with Crippen LogP contribution in [-0.4, -0.2) is 28.8 Å². The number of hydrogen-bond acceptors (Lipinski definition) is 4. The van der Waals surface area contributed by atoms with Crippen LogP contribution in [0.5, 0.6) is 0 Å². The predicted octanol–water partition coefficient (Wildman–Crippen LogP) is 3.79. The predicted molar refractivity (Wildman–Crippen MR) is 81.3 cm³/mol. The van der Waals surface area contributed by atoms with Crippen LogP contribution >= 0.6 is 23.4 Å². The normalized spacial score (nSPS) is 19.8. The van der Waals surface area contributed by atoms with Gasteiger partial charge >= 0.3 is 0 Å². The quantitative estimate of drug-likeness (QED) is 0.794. The Morgan fingerprint density at radius 2 is 2.11 bits per heavy atom. The molecule has 3 rings (SSSR count). The summed E-state index contributed by atoms with van der Waals surface area (Å²) in [5.41, 5.74) is 1.15. The van der Waals surface area contributed by atoms with Crippen LogP contribution in [0, 0.1) is 5.92 Å². The van der Waals surface area contributed by atoms with Crippen molar-refractivity contribution in [1.29, 1.82) is 0 Å². The van der Waals surface area contributed by atoms with Crippen molar-refractivity contribution < 1.29 is 0 Å². The molecule has 2 aliphatic heterocycles. The first kappa shape index (κ1) is 13.5. The summed E-state index contributed by atoms with van der Waals surface area (Å²) in [6, 6.07) is 0. The molecule has 19 heavy (non-hydrogen) atoms. The second kappa shape index (κ2) is 5.88. The van der Waals surface area contributed by atoms with Gasteiger partial charge in [0.05, 0.1) is 10.6 Å². The van der Waals surface area contributed by atoms with Crippen LogP contribution in [0.25, 0.3) is 0 Å². The third kappa shape index (κ3) is 2.84. The molecular formula is C14H20ClN3S. The van der Waals surface area contributed by atoms with Crippen LogP contribution in [0.3, 0.4) is 0 Å². The van der Waals surface area contributed by atoms with Gasteiger partial charge in [-0.25, -0.2) is 4.98 Å². The monoisotopic (exact) mass is 297 g/mol. The van der Waals surface area contributed by atoms with Gasteiger partial charge in [-0.2, -0.15) is 4.98 Å². The molecule has 0 aliphatic carbocycles. The highest BCUT2D eigenvalue weighted by Gasteiger charge is 2.26. The standard InChI is InChI=1S/C14H20ClN3S/c1-2-3-10-4-7-18(8-5-10)13-12-11(6-9-19-12)16-14(15)17-13/h10H,2-9H2,1H3. The summed E-state index contributed by atoms with van der Waals surface area (Å²) < 4.78 is 0. The average Bonchev–Trinajstić information content (AvgIpc) is 2.87. The summed E-state index contributed by atoms with van der Waals surface area (Å²) in [6.07, 6.45) is 6.27. The molecule has 1 aromatic heterocycles. The van der Waals surface area contributed by atoms with Gasteiger partial charge in [-0.3, -0.25) is 0 Å². The van der Waals surface area contributed by atoms with Gasteiger partial charge in [0, 0.05) is 25.3 Å². The molecular weight excluding hydrogens is 278 g/mol. The molecule has 2 aliphatic rings. The lowest BCUT2D eigenvalue weighted by Crippen LogP contribution is -2.34. The number of aromatic nitrogens is 2. The van der Waals surface area contributed by atoms with E-state index in [2.05, 4.69) is 21.8 Å². The summed E-state index contributed by atoms with van der Waals surface area (Å²) in [4.78, 5) is 12.5. The van der Waals surface area contributed by atoms with E-state index in [4.69, 9.17) is 11.6 Å². The summed E-state index contributed by atoms with van der Waals surface area (Å²) >= 11 is 7.95. The van der Waals surface area contributed by atoms with Crippen molar-refractivity contribution in [3.05, 3.63) is 11.0 Å². The maximum Gasteiger partial charge on any atom is 0.224 e. The number of thioether (sulfide) groups is 1. The number of anilines is 1. The van der Waals surface area contributed by atoms with Crippen LogP contribution in [-0.2, 0) is 6.42 Å². The van der Waals surface area contributed by atoms with E-state index in [0.29, 0.717) is 5.28 Å². The van der Waals surface area contributed by atoms with Gasteiger partial charge in [-0.15, -0.1) is 11.8 Å². The van der Waals surface area contributed by atoms with Crippen molar-refractivity contribution in [3.8, 4) is 0 Å². The summed E-state index contributed by atoms with van der Waals surface area (Å²) in [5.74, 6) is 3.11. The second-order valence-corrected chi connectivity index (χ2v) is 6.85. The molecule has 0 N–H and O–H groups in total. The van der Waals surface area contributed by atoms with Gasteiger partial charge in [0.1, 0.15) is 5.82 Å². The summed E-state index contributed by atoms with van der Waals surface area (Å²) in [6.45, 7) is 4.51. The minimum absolute atomic E-state index is 0.409. The molecule has 1 saturated heterocycles. The highest BCUT2D eigenvalue weighted by Crippen LogP contribution is 2.39. The Morgan fingerprint density at radius 3 is 2.84 bits per heavy atom. The first-order valence-electron chi connectivity index (χ1n) is 7.22. The SMILES string of the molecule is CCCC1CCN(c2nc(Cl)nc3c2SCC3)CC1. The maximum absolute atomic E-state index is 6.07. The van der Waals surface area contributed by atoms with Gasteiger partial charge in [-0.1, -0.05) is 19.8 Å². The molecule has 3 nitrogen and oxygen atoms in total. The summed E-state index contributed by atoms with van der Waals surface area (Å²) in [5, 5.41) is 0.409. The van der Waals surface area contributed by atoms with Crippen molar-refractivity contribution in [1.82, 2.24) is 9.97 Å². The Hall–Kier alpha value is -0.480. The van der Waals surface area contributed by atoms with E-state index in [9.17, 15) is 0 Å². The zero-order valence-electron chi connectivity index (χ0n) is 11.4. The zero-order valence-corrected chi connectivity index (χ0v) is 12.9. The Kier molecular flexibility index (Phi) is 4.18. The fourth-order valence-electron chi connectivity index (χ4n) is 3.08. The van der Waals surface area contributed by atoms with E-state index in [1.807, 2.05) is 11.8 Å². The molecule has 0 amide bonds. The lowest BCUT2D eigenvalue weighted by molar-refractivity contribution is 0.376. The number of rotatable bonds is 3. The molecule has 0 aromatic carbocycles. The molecule has 0 bridgehead atoms. The molecule has 0 radical (unpaired) electrons. The fraction of sp³-hybridized carbons (Fsp3) is 0.714. The summed E-state index contributed by atoms with van der Waals surface area (Å²) in [7, 11) is 0. The minimum Gasteiger partial charge on any atom is -0.356 e. The highest BCUT2D eigenvalue weighted by atomic mass is 35.5. The van der Waals surface area contributed by atoms with Crippen LogP contribution < -0.4 is 4.90 Å². The number of piperidine rings is 1. The minimum atomic E-state index is 0.409. The number of nitrogens with zero attached hydrogens (tertiary/aromatic N) is 3. The highest BCUT2D eigenvalue weighted by molar-refractivity contribution is 7.99. The Labute approximate surface area is 124 Å². The Morgan fingerprint density at radius 1 is 1.32 bits per heavy atom. The third-order valence-corrected chi connectivity index (χ3v) is 5.37. The van der Waals surface area contributed by atoms with E-state index in [-0.39, 0.29) is 0 Å². The Bertz CT molecular complexity index is 458. The smallest absolute Gasteiger partial charge is 0.224 e. The lowest BCUT2D eigenvalue weighted by Gasteiger charge is -2.33. The first-order valence-corrected chi connectivity index (χ1v) is 8.58. The molecule has 3 heterocycles. The number of halogens is 1. The molecule has 5 heteroatoms. The van der Waals surface area contributed by atoms with Crippen molar-refractivity contribution in [3.63, 3.8) is 0 Å². The molecule has 1 aromatic rings. The van der Waals surface area contributed by atoms with E-state index in [1.165, 1.54) is 30.6 Å². The first-order chi connectivity index (χ1) is 9.28. The van der Waals surface area contributed by atoms with Gasteiger partial charge in [0.25, 0.3) is 0 Å². The van der Waals surface area contributed by atoms with Gasteiger partial charge < -0.3 is 4.90 Å². The van der Waals surface area contributed by atoms with E-state index in [0.717, 1.165) is 42.7 Å². The largest absolute Gasteiger partial charge is 0.356 e. The van der Waals surface area contributed by atoms with Gasteiger partial charge in [0.15, 0.2) is 0 Å². The lowest BCUT2D eigenvalue weighted by atomic mass is 9.92. The van der Waals surface area contributed by atoms with Crippen molar-refractivity contribution in [2.75, 3.05) is 23.7 Å². The van der Waals surface area contributed by atoms with Crippen molar-refractivity contribution in [2.24, 2.45) is 5.92 Å². The fourth-order valence-corrected chi connectivity index (χ4v) is 4.38. The third-order valence-electron chi connectivity index (χ3n) is 4.09. The molecule has 0 saturated carbocycles. The molecule has 0 atom stereocenters. The number of aryl methyl sites for hydroxylation is 1. The van der Waals surface area contributed by atoms with Crippen molar-refractivity contribution >= 4 is 29.2 Å². The van der Waals surface area contributed by atoms with Crippen molar-refractivity contribution in [2.45, 2.75) is 43.9 Å². The van der Waals surface area contributed by atoms with Gasteiger partial charge in [0.2, 0.25) is 5.28 Å². The zero-order chi connectivity index (χ0) is 13.2. The Balaban J connectivity index is 1.77. The average molecular weight is 298 g/mol. The second-order valence-electron chi connectivity index (χ2n) is 5.41. The van der Waals surface area contributed by atoms with Crippen LogP contribution in [0.2, 0.25) is 5.28 Å². The molecule has 0 unspecified atom stereocenters.